The fourth-order valence-electron chi connectivity index (χ4n) is 2.81. The van der Waals surface area contributed by atoms with Crippen LogP contribution in [0.3, 0.4) is 0 Å². The van der Waals surface area contributed by atoms with Crippen LogP contribution >= 0.6 is 7.82 Å². The molecule has 174 valence electrons. The lowest BCUT2D eigenvalue weighted by molar-refractivity contribution is -0.870. The number of quaternary nitrogens is 1. The van der Waals surface area contributed by atoms with Crippen LogP contribution in [0, 0.1) is 0 Å². The molecule has 1 atom stereocenters. The maximum atomic E-state index is 12.0. The van der Waals surface area contributed by atoms with Crippen molar-refractivity contribution < 1.29 is 27.8 Å². The number of carbonyl (C=O) groups excluding carboxylic acids is 1. The number of hydrogen-bond acceptors (Lipinski definition) is 5. The fourth-order valence-corrected chi connectivity index (χ4v) is 3.50. The minimum absolute atomic E-state index is 0.0713. The maximum absolute atomic E-state index is 12.0. The summed E-state index contributed by atoms with van der Waals surface area (Å²) in [6, 6.07) is -0.222. The molecule has 0 aromatic rings. The predicted molar refractivity (Wildman–Crippen MR) is 116 cm³/mol. The zero-order chi connectivity index (χ0) is 22.2. The van der Waals surface area contributed by atoms with E-state index in [-0.39, 0.29) is 25.8 Å². The van der Waals surface area contributed by atoms with E-state index in [2.05, 4.69) is 12.2 Å². The first-order valence-corrected chi connectivity index (χ1v) is 12.4. The Balaban J connectivity index is 4.04. The van der Waals surface area contributed by atoms with Crippen LogP contribution in [0.1, 0.15) is 64.7 Å². The number of phosphoric acid groups is 1. The van der Waals surface area contributed by atoms with Crippen molar-refractivity contribution in [2.45, 2.75) is 64.7 Å². The normalized spacial score (nSPS) is 13.9. The third-order valence-corrected chi connectivity index (χ3v) is 5.65. The van der Waals surface area contributed by atoms with Crippen LogP contribution in [0.4, 0.5) is 4.79 Å². The van der Waals surface area contributed by atoms with Gasteiger partial charge in [0.25, 0.3) is 7.82 Å². The summed E-state index contributed by atoms with van der Waals surface area (Å²) >= 11 is 0. The van der Waals surface area contributed by atoms with E-state index >= 15 is 0 Å². The van der Waals surface area contributed by atoms with Crippen LogP contribution in [0.15, 0.2) is 0 Å². The number of hydrogen-bond donors (Lipinski definition) is 1. The summed E-state index contributed by atoms with van der Waals surface area (Å²) in [5.74, 6) is 0. The van der Waals surface area contributed by atoms with Gasteiger partial charge in [-0.2, -0.15) is 0 Å². The second kappa shape index (κ2) is 16.1. The molecule has 9 heteroatoms. The van der Waals surface area contributed by atoms with Gasteiger partial charge in [0.15, 0.2) is 0 Å². The van der Waals surface area contributed by atoms with Gasteiger partial charge in [0.2, 0.25) is 0 Å². The van der Waals surface area contributed by atoms with E-state index in [9.17, 15) is 14.3 Å². The molecule has 0 saturated carbocycles. The smallest absolute Gasteiger partial charge is 0.317 e. The lowest BCUT2D eigenvalue weighted by atomic mass is 10.1. The third kappa shape index (κ3) is 17.9. The average molecular weight is 438 g/mol. The number of urea groups is 1. The number of carbonyl (C=O) groups is 1. The number of unbranched alkanes of at least 4 members (excludes halogenated alkanes) is 8. The molecular formula is C20H44N3O5P. The molecule has 0 fully saturated rings. The van der Waals surface area contributed by atoms with Crippen LogP contribution in [-0.4, -0.2) is 76.5 Å². The standard InChI is InChI=1S/C20H44N3O5P/c1-6-7-8-9-10-11-12-13-14-15-22(20(24)21-2)16-18-27-29(25,26)28-19-17-23(3,4)5/h6-19H2,1-5H3,(H-,21,24,25,26). The maximum Gasteiger partial charge on any atom is 0.317 e. The van der Waals surface area contributed by atoms with Crippen LogP contribution < -0.4 is 10.2 Å². The van der Waals surface area contributed by atoms with Gasteiger partial charge in [-0.05, 0) is 6.42 Å². The van der Waals surface area contributed by atoms with Crippen molar-refractivity contribution in [2.75, 3.05) is 61.0 Å². The van der Waals surface area contributed by atoms with Crippen molar-refractivity contribution >= 4 is 13.9 Å². The van der Waals surface area contributed by atoms with Crippen molar-refractivity contribution in [1.82, 2.24) is 10.2 Å². The van der Waals surface area contributed by atoms with Gasteiger partial charge in [0.05, 0.1) is 27.7 Å². The molecule has 0 saturated heterocycles. The van der Waals surface area contributed by atoms with E-state index in [0.717, 1.165) is 12.8 Å². The molecule has 0 rings (SSSR count). The van der Waals surface area contributed by atoms with E-state index in [1.165, 1.54) is 44.9 Å². The first-order chi connectivity index (χ1) is 13.6. The van der Waals surface area contributed by atoms with Crippen LogP contribution in [-0.2, 0) is 13.6 Å². The second-order valence-corrected chi connectivity index (χ2v) is 9.91. The molecule has 0 aliphatic heterocycles. The monoisotopic (exact) mass is 437 g/mol. The highest BCUT2D eigenvalue weighted by molar-refractivity contribution is 7.45. The van der Waals surface area contributed by atoms with Crippen molar-refractivity contribution in [3.05, 3.63) is 0 Å². The zero-order valence-corrected chi connectivity index (χ0v) is 20.2. The molecule has 1 N–H and O–H groups in total. The highest BCUT2D eigenvalue weighted by Gasteiger charge is 2.16. The third-order valence-electron chi connectivity index (χ3n) is 4.65. The first kappa shape index (κ1) is 28.3. The van der Waals surface area contributed by atoms with Crippen molar-refractivity contribution in [3.63, 3.8) is 0 Å². The number of nitrogens with zero attached hydrogens (tertiary/aromatic N) is 2. The Labute approximate surface area is 178 Å². The summed E-state index contributed by atoms with van der Waals surface area (Å²) in [5, 5.41) is 2.60. The average Bonchev–Trinajstić information content (AvgIpc) is 2.63. The molecule has 1 unspecified atom stereocenters. The molecule has 0 aliphatic rings. The Morgan fingerprint density at radius 2 is 1.45 bits per heavy atom. The van der Waals surface area contributed by atoms with Gasteiger partial charge < -0.3 is 28.6 Å². The molecule has 29 heavy (non-hydrogen) atoms. The fraction of sp³-hybridized carbons (Fsp3) is 0.950. The summed E-state index contributed by atoms with van der Waals surface area (Å²) in [5.41, 5.74) is 0. The van der Waals surface area contributed by atoms with E-state index < -0.39 is 7.82 Å². The highest BCUT2D eigenvalue weighted by Crippen LogP contribution is 2.37. The number of rotatable bonds is 18. The van der Waals surface area contributed by atoms with Gasteiger partial charge in [0.1, 0.15) is 13.2 Å². The summed E-state index contributed by atoms with van der Waals surface area (Å²) in [7, 11) is 3.08. The topological polar surface area (TPSA) is 90.9 Å². The summed E-state index contributed by atoms with van der Waals surface area (Å²) in [4.78, 5) is 25.4. The van der Waals surface area contributed by atoms with Gasteiger partial charge in [-0.15, -0.1) is 0 Å². The minimum atomic E-state index is -4.34. The number of amides is 2. The Kier molecular flexibility index (Phi) is 15.7. The molecule has 0 radical (unpaired) electrons. The van der Waals surface area contributed by atoms with Gasteiger partial charge >= 0.3 is 6.03 Å². The quantitative estimate of drug-likeness (QED) is 0.202. The molecule has 8 nitrogen and oxygen atoms in total. The molecular weight excluding hydrogens is 393 g/mol. The van der Waals surface area contributed by atoms with E-state index in [1.54, 1.807) is 11.9 Å². The summed E-state index contributed by atoms with van der Waals surface area (Å²) in [6.45, 7) is 3.54. The summed E-state index contributed by atoms with van der Waals surface area (Å²) < 4.78 is 22.2. The van der Waals surface area contributed by atoms with Crippen LogP contribution in [0.2, 0.25) is 0 Å². The molecule has 0 aromatic carbocycles. The lowest BCUT2D eigenvalue weighted by Crippen LogP contribution is -2.40. The van der Waals surface area contributed by atoms with Crippen LogP contribution in [0.25, 0.3) is 0 Å². The number of nitrogens with one attached hydrogen (secondary N) is 1. The Bertz CT molecular complexity index is 472. The Hall–Kier alpha value is -0.660. The van der Waals surface area contributed by atoms with Gasteiger partial charge in [-0.1, -0.05) is 58.3 Å². The molecule has 0 heterocycles. The Morgan fingerprint density at radius 3 is 1.97 bits per heavy atom. The summed E-state index contributed by atoms with van der Waals surface area (Å²) in [6.07, 6.45) is 10.9. The van der Waals surface area contributed by atoms with Crippen LogP contribution in [0.5, 0.6) is 0 Å². The molecule has 2 amide bonds. The highest BCUT2D eigenvalue weighted by atomic mass is 31.2. The predicted octanol–water partition coefficient (Wildman–Crippen LogP) is 3.37. The van der Waals surface area contributed by atoms with Crippen molar-refractivity contribution in [2.24, 2.45) is 0 Å². The molecule has 0 aliphatic carbocycles. The lowest BCUT2D eigenvalue weighted by Gasteiger charge is -2.28. The SMILES string of the molecule is CCCCCCCCCCCN(CCOP(=O)([O-])OCC[N+](C)(C)C)C(=O)NC. The van der Waals surface area contributed by atoms with Gasteiger partial charge in [-0.25, -0.2) is 4.79 Å². The van der Waals surface area contributed by atoms with E-state index in [1.807, 2.05) is 21.1 Å². The number of likely N-dealkylation sites (N-methyl/N-ethyl adjacent to an activating group) is 1. The van der Waals surface area contributed by atoms with Gasteiger partial charge in [-0.3, -0.25) is 4.57 Å². The molecule has 0 spiro atoms. The Morgan fingerprint density at radius 1 is 0.931 bits per heavy atom. The second-order valence-electron chi connectivity index (χ2n) is 8.50. The number of phosphoric ester groups is 1. The molecule has 0 bridgehead atoms. The van der Waals surface area contributed by atoms with Gasteiger partial charge in [0, 0.05) is 20.1 Å². The van der Waals surface area contributed by atoms with Crippen molar-refractivity contribution in [1.29, 1.82) is 0 Å². The minimum Gasteiger partial charge on any atom is -0.756 e. The van der Waals surface area contributed by atoms with E-state index in [4.69, 9.17) is 9.05 Å². The first-order valence-electron chi connectivity index (χ1n) is 11.0. The van der Waals surface area contributed by atoms with E-state index in [0.29, 0.717) is 17.6 Å². The van der Waals surface area contributed by atoms with Crippen molar-refractivity contribution in [3.8, 4) is 0 Å². The largest absolute Gasteiger partial charge is 0.756 e. The zero-order valence-electron chi connectivity index (χ0n) is 19.3. The molecule has 0 aromatic heterocycles.